The molecule has 9 heavy (non-hydrogen) atoms. The number of hydrogen-bond donors (Lipinski definition) is 0. The molecule has 0 amide bonds. The molecule has 0 spiro atoms. The molecule has 2 atom stereocenters. The Morgan fingerprint density at radius 1 is 1.44 bits per heavy atom. The van der Waals surface area contributed by atoms with Crippen LogP contribution in [-0.2, 0) is 0 Å². The molecular formula is C8H16S. The maximum absolute atomic E-state index is 4.84. The minimum atomic E-state index is 0.611. The highest BCUT2D eigenvalue weighted by atomic mass is 32.1. The van der Waals surface area contributed by atoms with Gasteiger partial charge in [0, 0.05) is 0 Å². The zero-order valence-electron chi connectivity index (χ0n) is 6.55. The summed E-state index contributed by atoms with van der Waals surface area (Å²) in [6.45, 7) is 6.66. The highest BCUT2D eigenvalue weighted by Gasteiger charge is 2.06. The molecule has 0 nitrogen and oxygen atoms in total. The summed E-state index contributed by atoms with van der Waals surface area (Å²) in [5.74, 6) is 1.38. The first-order valence-electron chi connectivity index (χ1n) is 3.67. The highest BCUT2D eigenvalue weighted by Crippen LogP contribution is 2.14. The van der Waals surface area contributed by atoms with Crippen LogP contribution in [0.2, 0.25) is 0 Å². The van der Waals surface area contributed by atoms with Crippen molar-refractivity contribution in [1.29, 1.82) is 0 Å². The zero-order valence-corrected chi connectivity index (χ0v) is 7.37. The molecule has 0 rings (SSSR count). The second-order valence-corrected chi connectivity index (χ2v) is 3.03. The van der Waals surface area contributed by atoms with Crippen molar-refractivity contribution < 1.29 is 0 Å². The summed E-state index contributed by atoms with van der Waals surface area (Å²) in [4.78, 5) is 0. The van der Waals surface area contributed by atoms with Gasteiger partial charge >= 0.3 is 0 Å². The smallest absolute Gasteiger partial charge is 0.0131 e. The standard InChI is InChI=1S/C8H16S/c1-4-5-7(2)8(3)6-9/h6-8H,4-5H2,1-3H3. The summed E-state index contributed by atoms with van der Waals surface area (Å²) in [7, 11) is 0. The average Bonchev–Trinajstić information content (AvgIpc) is 1.87. The minimum absolute atomic E-state index is 0.611. The van der Waals surface area contributed by atoms with Crippen molar-refractivity contribution in [3.8, 4) is 0 Å². The summed E-state index contributed by atoms with van der Waals surface area (Å²) in [6.07, 6.45) is 2.57. The average molecular weight is 144 g/mol. The summed E-state index contributed by atoms with van der Waals surface area (Å²) in [5, 5.41) is 1.88. The van der Waals surface area contributed by atoms with E-state index in [1.165, 1.54) is 12.8 Å². The van der Waals surface area contributed by atoms with Gasteiger partial charge in [-0.05, 0) is 17.2 Å². The zero-order chi connectivity index (χ0) is 7.28. The van der Waals surface area contributed by atoms with Gasteiger partial charge < -0.3 is 0 Å². The van der Waals surface area contributed by atoms with Crippen LogP contribution < -0.4 is 0 Å². The predicted molar refractivity (Wildman–Crippen MR) is 46.9 cm³/mol. The lowest BCUT2D eigenvalue weighted by molar-refractivity contribution is 0.452. The summed E-state index contributed by atoms with van der Waals surface area (Å²) < 4.78 is 0. The third-order valence-electron chi connectivity index (χ3n) is 1.86. The van der Waals surface area contributed by atoms with Gasteiger partial charge in [-0.2, -0.15) is 0 Å². The van der Waals surface area contributed by atoms with E-state index in [2.05, 4.69) is 20.8 Å². The molecular weight excluding hydrogens is 128 g/mol. The van der Waals surface area contributed by atoms with Crippen molar-refractivity contribution in [1.82, 2.24) is 0 Å². The second-order valence-electron chi connectivity index (χ2n) is 2.76. The van der Waals surface area contributed by atoms with Gasteiger partial charge in [0.25, 0.3) is 0 Å². The molecule has 0 saturated heterocycles. The quantitative estimate of drug-likeness (QED) is 0.546. The Bertz CT molecular complexity index is 78.6. The van der Waals surface area contributed by atoms with Crippen molar-refractivity contribution in [3.05, 3.63) is 0 Å². The third kappa shape index (κ3) is 3.63. The van der Waals surface area contributed by atoms with Gasteiger partial charge in [-0.15, -0.1) is 0 Å². The lowest BCUT2D eigenvalue weighted by Gasteiger charge is -2.13. The lowest BCUT2D eigenvalue weighted by atomic mass is 9.94. The molecule has 0 aromatic carbocycles. The Morgan fingerprint density at radius 3 is 2.33 bits per heavy atom. The topological polar surface area (TPSA) is 0 Å². The van der Waals surface area contributed by atoms with Crippen LogP contribution in [-0.4, -0.2) is 5.37 Å². The van der Waals surface area contributed by atoms with Crippen LogP contribution in [0.3, 0.4) is 0 Å². The van der Waals surface area contributed by atoms with E-state index in [0.29, 0.717) is 5.92 Å². The molecule has 0 aliphatic rings. The third-order valence-corrected chi connectivity index (χ3v) is 2.29. The van der Waals surface area contributed by atoms with E-state index in [-0.39, 0.29) is 0 Å². The summed E-state index contributed by atoms with van der Waals surface area (Å²) in [5.41, 5.74) is 0. The van der Waals surface area contributed by atoms with Crippen LogP contribution in [0.4, 0.5) is 0 Å². The van der Waals surface area contributed by atoms with E-state index in [9.17, 15) is 0 Å². The largest absolute Gasteiger partial charge is 0.0932 e. The normalized spacial score (nSPS) is 16.8. The van der Waals surface area contributed by atoms with Crippen LogP contribution >= 0.6 is 12.2 Å². The molecule has 0 heterocycles. The minimum Gasteiger partial charge on any atom is -0.0932 e. The van der Waals surface area contributed by atoms with Crippen molar-refractivity contribution >= 4 is 17.6 Å². The molecule has 0 bridgehead atoms. The van der Waals surface area contributed by atoms with Crippen molar-refractivity contribution in [2.24, 2.45) is 11.8 Å². The Balaban J connectivity index is 3.44. The van der Waals surface area contributed by atoms with Crippen LogP contribution in [0.1, 0.15) is 33.6 Å². The summed E-state index contributed by atoms with van der Waals surface area (Å²) >= 11 is 4.84. The van der Waals surface area contributed by atoms with E-state index < -0.39 is 0 Å². The van der Waals surface area contributed by atoms with Gasteiger partial charge in [-0.3, -0.25) is 0 Å². The molecule has 0 saturated carbocycles. The summed E-state index contributed by atoms with van der Waals surface area (Å²) in [6, 6.07) is 0. The van der Waals surface area contributed by atoms with Crippen LogP contribution in [0.15, 0.2) is 0 Å². The lowest BCUT2D eigenvalue weighted by Crippen LogP contribution is -2.07. The Hall–Kier alpha value is 0.0900. The highest BCUT2D eigenvalue weighted by molar-refractivity contribution is 7.79. The fourth-order valence-electron chi connectivity index (χ4n) is 0.852. The van der Waals surface area contributed by atoms with Crippen molar-refractivity contribution in [2.75, 3.05) is 0 Å². The van der Waals surface area contributed by atoms with E-state index in [1.54, 1.807) is 0 Å². The van der Waals surface area contributed by atoms with Crippen LogP contribution in [0.25, 0.3) is 0 Å². The molecule has 54 valence electrons. The van der Waals surface area contributed by atoms with E-state index >= 15 is 0 Å². The first-order valence-corrected chi connectivity index (χ1v) is 4.14. The molecule has 2 unspecified atom stereocenters. The Kier molecular flexibility index (Phi) is 4.97. The number of hydrogen-bond acceptors (Lipinski definition) is 1. The molecule has 0 aliphatic carbocycles. The fourth-order valence-corrected chi connectivity index (χ4v) is 1.12. The molecule has 0 aromatic heterocycles. The molecule has 0 aliphatic heterocycles. The van der Waals surface area contributed by atoms with Gasteiger partial charge in [0.2, 0.25) is 0 Å². The van der Waals surface area contributed by atoms with Gasteiger partial charge in [-0.1, -0.05) is 45.8 Å². The Morgan fingerprint density at radius 2 is 2.00 bits per heavy atom. The van der Waals surface area contributed by atoms with Gasteiger partial charge in [0.1, 0.15) is 0 Å². The molecule has 0 N–H and O–H groups in total. The van der Waals surface area contributed by atoms with Gasteiger partial charge in [0.05, 0.1) is 0 Å². The van der Waals surface area contributed by atoms with E-state index in [1.807, 2.05) is 5.37 Å². The SMILES string of the molecule is CCCC(C)C(C)C=S. The van der Waals surface area contributed by atoms with Crippen molar-refractivity contribution in [2.45, 2.75) is 33.6 Å². The van der Waals surface area contributed by atoms with E-state index in [0.717, 1.165) is 5.92 Å². The number of thiocarbonyl (C=S) groups is 1. The first kappa shape index (κ1) is 9.09. The monoisotopic (exact) mass is 144 g/mol. The Labute approximate surface area is 63.7 Å². The molecule has 1 heteroatoms. The number of rotatable bonds is 4. The molecule has 0 fully saturated rings. The van der Waals surface area contributed by atoms with Crippen molar-refractivity contribution in [3.63, 3.8) is 0 Å². The van der Waals surface area contributed by atoms with E-state index in [4.69, 9.17) is 12.2 Å². The fraction of sp³-hybridized carbons (Fsp3) is 0.875. The van der Waals surface area contributed by atoms with Crippen LogP contribution in [0, 0.1) is 11.8 Å². The van der Waals surface area contributed by atoms with Gasteiger partial charge in [0.15, 0.2) is 0 Å². The van der Waals surface area contributed by atoms with Gasteiger partial charge in [-0.25, -0.2) is 0 Å². The predicted octanol–water partition coefficient (Wildman–Crippen LogP) is 3.06. The second kappa shape index (κ2) is 4.92. The molecule has 0 aromatic rings. The maximum Gasteiger partial charge on any atom is -0.0131 e. The maximum atomic E-state index is 4.84. The molecule has 0 radical (unpaired) electrons. The van der Waals surface area contributed by atoms with Crippen LogP contribution in [0.5, 0.6) is 0 Å². The first-order chi connectivity index (χ1) is 4.22.